The van der Waals surface area contributed by atoms with E-state index in [2.05, 4.69) is 4.98 Å². The number of para-hydroxylation sites is 1. The SMILES string of the molecule is NC(Cc1cc(F)cc(F)c1)c1nccn1-c1ccccc1. The molecule has 2 N–H and O–H groups in total. The second kappa shape index (κ2) is 6.07. The van der Waals surface area contributed by atoms with Crippen LogP contribution in [0.2, 0.25) is 0 Å². The van der Waals surface area contributed by atoms with Crippen LogP contribution in [0, 0.1) is 11.6 Å². The van der Waals surface area contributed by atoms with Gasteiger partial charge < -0.3 is 10.3 Å². The molecule has 0 saturated carbocycles. The number of rotatable bonds is 4. The van der Waals surface area contributed by atoms with Gasteiger partial charge in [-0.05, 0) is 36.2 Å². The lowest BCUT2D eigenvalue weighted by molar-refractivity contribution is 0.573. The number of halogens is 2. The Morgan fingerprint density at radius 2 is 1.73 bits per heavy atom. The number of aromatic nitrogens is 2. The molecule has 3 nitrogen and oxygen atoms in total. The van der Waals surface area contributed by atoms with Crippen molar-refractivity contribution in [1.29, 1.82) is 0 Å². The van der Waals surface area contributed by atoms with Crippen molar-refractivity contribution in [2.75, 3.05) is 0 Å². The van der Waals surface area contributed by atoms with Gasteiger partial charge in [-0.1, -0.05) is 18.2 Å². The predicted octanol–water partition coefficient (Wildman–Crippen LogP) is 3.39. The maximum Gasteiger partial charge on any atom is 0.130 e. The minimum atomic E-state index is -0.603. The first kappa shape index (κ1) is 14.4. The Morgan fingerprint density at radius 1 is 1.05 bits per heavy atom. The van der Waals surface area contributed by atoms with Crippen molar-refractivity contribution < 1.29 is 8.78 Å². The summed E-state index contributed by atoms with van der Waals surface area (Å²) in [5, 5.41) is 0. The van der Waals surface area contributed by atoms with Crippen molar-refractivity contribution in [1.82, 2.24) is 9.55 Å². The summed E-state index contributed by atoms with van der Waals surface area (Å²) in [4.78, 5) is 4.28. The highest BCUT2D eigenvalue weighted by Crippen LogP contribution is 2.19. The van der Waals surface area contributed by atoms with Gasteiger partial charge in [-0.3, -0.25) is 0 Å². The zero-order valence-electron chi connectivity index (χ0n) is 11.8. The Kier molecular flexibility index (Phi) is 3.98. The third-order valence-electron chi connectivity index (χ3n) is 3.41. The molecule has 1 atom stereocenters. The highest BCUT2D eigenvalue weighted by atomic mass is 19.1. The van der Waals surface area contributed by atoms with Gasteiger partial charge in [-0.2, -0.15) is 0 Å². The van der Waals surface area contributed by atoms with E-state index in [-0.39, 0.29) is 0 Å². The molecule has 5 heteroatoms. The monoisotopic (exact) mass is 299 g/mol. The van der Waals surface area contributed by atoms with Crippen molar-refractivity contribution >= 4 is 0 Å². The quantitative estimate of drug-likeness (QED) is 0.802. The number of nitrogens with zero attached hydrogens (tertiary/aromatic N) is 2. The molecule has 0 amide bonds. The standard InChI is InChI=1S/C17H15F2N3/c18-13-8-12(9-14(19)11-13)10-16(20)17-21-6-7-22(17)15-4-2-1-3-5-15/h1-9,11,16H,10,20H2. The molecular formula is C17H15F2N3. The van der Waals surface area contributed by atoms with E-state index >= 15 is 0 Å². The van der Waals surface area contributed by atoms with Crippen molar-refractivity contribution in [2.45, 2.75) is 12.5 Å². The molecule has 1 aromatic heterocycles. The third-order valence-corrected chi connectivity index (χ3v) is 3.41. The van der Waals surface area contributed by atoms with Gasteiger partial charge in [0.05, 0.1) is 6.04 Å². The van der Waals surface area contributed by atoms with Crippen LogP contribution in [0.1, 0.15) is 17.4 Å². The summed E-state index contributed by atoms with van der Waals surface area (Å²) in [7, 11) is 0. The van der Waals surface area contributed by atoms with Gasteiger partial charge in [0, 0.05) is 24.1 Å². The normalized spacial score (nSPS) is 12.3. The largest absolute Gasteiger partial charge is 0.321 e. The Morgan fingerprint density at radius 3 is 2.41 bits per heavy atom. The van der Waals surface area contributed by atoms with Gasteiger partial charge in [0.15, 0.2) is 0 Å². The molecule has 0 saturated heterocycles. The third kappa shape index (κ3) is 3.04. The predicted molar refractivity (Wildman–Crippen MR) is 80.6 cm³/mol. The van der Waals surface area contributed by atoms with Crippen molar-refractivity contribution in [3.63, 3.8) is 0 Å². The molecule has 0 fully saturated rings. The smallest absolute Gasteiger partial charge is 0.130 e. The van der Waals surface area contributed by atoms with Crippen LogP contribution in [0.15, 0.2) is 60.9 Å². The van der Waals surface area contributed by atoms with E-state index in [0.717, 1.165) is 11.8 Å². The van der Waals surface area contributed by atoms with Crippen LogP contribution >= 0.6 is 0 Å². The van der Waals surface area contributed by atoms with Crippen LogP contribution in [0.25, 0.3) is 5.69 Å². The van der Waals surface area contributed by atoms with Crippen LogP contribution in [0.4, 0.5) is 8.78 Å². The average molecular weight is 299 g/mol. The molecule has 2 aromatic carbocycles. The van der Waals surface area contributed by atoms with E-state index in [4.69, 9.17) is 5.73 Å². The lowest BCUT2D eigenvalue weighted by Crippen LogP contribution is -2.18. The molecule has 3 rings (SSSR count). The van der Waals surface area contributed by atoms with Gasteiger partial charge in [0.2, 0.25) is 0 Å². The van der Waals surface area contributed by atoms with Crippen molar-refractivity contribution in [2.24, 2.45) is 5.73 Å². The highest BCUT2D eigenvalue weighted by molar-refractivity contribution is 5.33. The first-order chi connectivity index (χ1) is 10.6. The first-order valence-corrected chi connectivity index (χ1v) is 6.93. The lowest BCUT2D eigenvalue weighted by Gasteiger charge is -2.14. The lowest BCUT2D eigenvalue weighted by atomic mass is 10.1. The maximum atomic E-state index is 13.3. The van der Waals surface area contributed by atoms with Crippen LogP contribution in [-0.4, -0.2) is 9.55 Å². The van der Waals surface area contributed by atoms with Gasteiger partial charge in [-0.25, -0.2) is 13.8 Å². The fourth-order valence-corrected chi connectivity index (χ4v) is 2.47. The molecule has 1 unspecified atom stereocenters. The van der Waals surface area contributed by atoms with E-state index in [9.17, 15) is 8.78 Å². The summed E-state index contributed by atoms with van der Waals surface area (Å²) in [6.45, 7) is 0. The number of benzene rings is 2. The van der Waals surface area contributed by atoms with E-state index in [0.29, 0.717) is 17.8 Å². The zero-order valence-corrected chi connectivity index (χ0v) is 11.8. The second-order valence-corrected chi connectivity index (χ2v) is 5.08. The summed E-state index contributed by atoms with van der Waals surface area (Å²) in [6.07, 6.45) is 3.78. The van der Waals surface area contributed by atoms with E-state index < -0.39 is 17.7 Å². The van der Waals surface area contributed by atoms with Gasteiger partial charge in [0.25, 0.3) is 0 Å². The Bertz CT molecular complexity index is 748. The molecule has 0 aliphatic carbocycles. The average Bonchev–Trinajstić information content (AvgIpc) is 2.96. The van der Waals surface area contributed by atoms with E-state index in [1.54, 1.807) is 6.20 Å². The summed E-state index contributed by atoms with van der Waals surface area (Å²) in [5.74, 6) is -0.557. The number of imidazole rings is 1. The van der Waals surface area contributed by atoms with Gasteiger partial charge in [0.1, 0.15) is 17.5 Å². The second-order valence-electron chi connectivity index (χ2n) is 5.08. The van der Waals surface area contributed by atoms with Crippen molar-refractivity contribution in [3.05, 3.63) is 83.9 Å². The van der Waals surface area contributed by atoms with Crippen molar-refractivity contribution in [3.8, 4) is 5.69 Å². The summed E-state index contributed by atoms with van der Waals surface area (Å²) in [5.41, 5.74) is 7.63. The molecule has 3 aromatic rings. The molecule has 0 aliphatic heterocycles. The van der Waals surface area contributed by atoms with Gasteiger partial charge >= 0.3 is 0 Å². The summed E-state index contributed by atoms with van der Waals surface area (Å²) in [6, 6.07) is 12.6. The minimum Gasteiger partial charge on any atom is -0.321 e. The topological polar surface area (TPSA) is 43.8 Å². The molecule has 1 heterocycles. The number of hydrogen-bond donors (Lipinski definition) is 1. The molecular weight excluding hydrogens is 284 g/mol. The Balaban J connectivity index is 1.87. The van der Waals surface area contributed by atoms with E-state index in [1.807, 2.05) is 41.1 Å². The summed E-state index contributed by atoms with van der Waals surface area (Å²) < 4.78 is 28.4. The van der Waals surface area contributed by atoms with Crippen LogP contribution in [-0.2, 0) is 6.42 Å². The molecule has 0 spiro atoms. The fourth-order valence-electron chi connectivity index (χ4n) is 2.47. The maximum absolute atomic E-state index is 13.3. The molecule has 0 radical (unpaired) electrons. The molecule has 0 aliphatic rings. The Hall–Kier alpha value is -2.53. The molecule has 22 heavy (non-hydrogen) atoms. The number of nitrogens with two attached hydrogens (primary N) is 1. The highest BCUT2D eigenvalue weighted by Gasteiger charge is 2.15. The summed E-state index contributed by atoms with van der Waals surface area (Å²) >= 11 is 0. The number of hydrogen-bond acceptors (Lipinski definition) is 2. The fraction of sp³-hybridized carbons (Fsp3) is 0.118. The zero-order chi connectivity index (χ0) is 15.5. The van der Waals surface area contributed by atoms with Crippen LogP contribution in [0.5, 0.6) is 0 Å². The van der Waals surface area contributed by atoms with Crippen LogP contribution < -0.4 is 5.73 Å². The van der Waals surface area contributed by atoms with E-state index in [1.165, 1.54) is 12.1 Å². The van der Waals surface area contributed by atoms with Crippen LogP contribution in [0.3, 0.4) is 0 Å². The minimum absolute atomic E-state index is 0.304. The molecule has 0 bridgehead atoms. The van der Waals surface area contributed by atoms with Gasteiger partial charge in [-0.15, -0.1) is 0 Å². The Labute approximate surface area is 127 Å². The first-order valence-electron chi connectivity index (χ1n) is 6.93. The molecule has 112 valence electrons.